The lowest BCUT2D eigenvalue weighted by atomic mass is 9.72. The second-order valence-electron chi connectivity index (χ2n) is 8.15. The van der Waals surface area contributed by atoms with Crippen LogP contribution in [0, 0.1) is 17.8 Å². The first-order chi connectivity index (χ1) is 12.0. The van der Waals surface area contributed by atoms with Crippen molar-refractivity contribution in [1.29, 1.82) is 0 Å². The number of hydrogen-bond donors (Lipinski definition) is 1. The standard InChI is InChI=1S/C21H30N2O2/c1-15-9-17(11-18(10-15)13-20(22)24)12-19-7-8-21(25)23(19)14-16-5-3-2-4-6-16/h2-6,15,17-19H,7-14H2,1H3,(H2,22,24)/t15-,17+,18-,19+/m1/s1. The highest BCUT2D eigenvalue weighted by molar-refractivity contribution is 5.78. The molecule has 3 rings (SSSR count). The molecule has 2 fully saturated rings. The molecule has 136 valence electrons. The number of nitrogens with zero attached hydrogens (tertiary/aromatic N) is 1. The van der Waals surface area contributed by atoms with Gasteiger partial charge in [0, 0.05) is 25.4 Å². The lowest BCUT2D eigenvalue weighted by molar-refractivity contribution is -0.129. The molecule has 4 nitrogen and oxygen atoms in total. The van der Waals surface area contributed by atoms with Gasteiger partial charge in [0.1, 0.15) is 0 Å². The van der Waals surface area contributed by atoms with Gasteiger partial charge < -0.3 is 10.6 Å². The summed E-state index contributed by atoms with van der Waals surface area (Å²) in [4.78, 5) is 25.7. The summed E-state index contributed by atoms with van der Waals surface area (Å²) in [6, 6.07) is 10.6. The number of carbonyl (C=O) groups excluding carboxylic acids is 2. The predicted octanol–water partition coefficient (Wildman–Crippen LogP) is 3.50. The van der Waals surface area contributed by atoms with Crippen molar-refractivity contribution in [2.45, 2.75) is 64.5 Å². The molecule has 1 aliphatic heterocycles. The molecule has 4 atom stereocenters. The van der Waals surface area contributed by atoms with Gasteiger partial charge in [0.2, 0.25) is 11.8 Å². The number of nitrogens with two attached hydrogens (primary N) is 1. The summed E-state index contributed by atoms with van der Waals surface area (Å²) in [6.45, 7) is 3.00. The third kappa shape index (κ3) is 4.83. The van der Waals surface area contributed by atoms with Crippen LogP contribution in [-0.2, 0) is 16.1 Å². The highest BCUT2D eigenvalue weighted by Gasteiger charge is 2.35. The van der Waals surface area contributed by atoms with E-state index in [4.69, 9.17) is 5.73 Å². The summed E-state index contributed by atoms with van der Waals surface area (Å²) in [5.41, 5.74) is 6.61. The van der Waals surface area contributed by atoms with Crippen molar-refractivity contribution in [2.75, 3.05) is 0 Å². The fraction of sp³-hybridized carbons (Fsp3) is 0.619. The smallest absolute Gasteiger partial charge is 0.223 e. The second kappa shape index (κ2) is 8.03. The maximum absolute atomic E-state index is 12.4. The van der Waals surface area contributed by atoms with Gasteiger partial charge in [-0.3, -0.25) is 9.59 Å². The summed E-state index contributed by atoms with van der Waals surface area (Å²) in [7, 11) is 0. The van der Waals surface area contributed by atoms with Gasteiger partial charge in [0.25, 0.3) is 0 Å². The molecule has 2 amide bonds. The van der Waals surface area contributed by atoms with Crippen LogP contribution in [0.2, 0.25) is 0 Å². The average molecular weight is 342 g/mol. The summed E-state index contributed by atoms with van der Waals surface area (Å²) >= 11 is 0. The minimum absolute atomic E-state index is 0.181. The minimum atomic E-state index is -0.181. The fourth-order valence-electron chi connectivity index (χ4n) is 4.96. The first-order valence-corrected chi connectivity index (χ1v) is 9.63. The van der Waals surface area contributed by atoms with Crippen molar-refractivity contribution < 1.29 is 9.59 Å². The van der Waals surface area contributed by atoms with Crippen LogP contribution in [0.15, 0.2) is 30.3 Å². The van der Waals surface area contributed by atoms with Gasteiger partial charge in [-0.05, 0) is 55.4 Å². The Balaban J connectivity index is 1.62. The average Bonchev–Trinajstić information content (AvgIpc) is 2.88. The SMILES string of the molecule is C[C@H]1C[C@@H](CC(N)=O)C[C@@H](C[C@@H]2CCC(=O)N2Cc2ccccc2)C1. The van der Waals surface area contributed by atoms with Crippen LogP contribution in [0.5, 0.6) is 0 Å². The molecule has 0 bridgehead atoms. The van der Waals surface area contributed by atoms with E-state index in [-0.39, 0.29) is 11.8 Å². The van der Waals surface area contributed by atoms with E-state index in [2.05, 4.69) is 24.0 Å². The number of primary amides is 1. The monoisotopic (exact) mass is 342 g/mol. The zero-order chi connectivity index (χ0) is 17.8. The normalized spacial score (nSPS) is 29.8. The molecule has 2 N–H and O–H groups in total. The number of hydrogen-bond acceptors (Lipinski definition) is 2. The van der Waals surface area contributed by atoms with E-state index in [0.29, 0.717) is 36.6 Å². The van der Waals surface area contributed by atoms with Gasteiger partial charge in [0.15, 0.2) is 0 Å². The van der Waals surface area contributed by atoms with Crippen LogP contribution in [-0.4, -0.2) is 22.8 Å². The van der Waals surface area contributed by atoms with Gasteiger partial charge in [-0.25, -0.2) is 0 Å². The number of amides is 2. The number of benzene rings is 1. The Hall–Kier alpha value is -1.84. The summed E-state index contributed by atoms with van der Waals surface area (Å²) in [5, 5.41) is 0. The van der Waals surface area contributed by atoms with Crippen molar-refractivity contribution >= 4 is 11.8 Å². The van der Waals surface area contributed by atoms with Crippen molar-refractivity contribution in [2.24, 2.45) is 23.5 Å². The zero-order valence-corrected chi connectivity index (χ0v) is 15.2. The Kier molecular flexibility index (Phi) is 5.77. The van der Waals surface area contributed by atoms with E-state index < -0.39 is 0 Å². The van der Waals surface area contributed by atoms with E-state index in [1.54, 1.807) is 0 Å². The van der Waals surface area contributed by atoms with Crippen LogP contribution in [0.3, 0.4) is 0 Å². The van der Waals surface area contributed by atoms with E-state index >= 15 is 0 Å². The Labute approximate surface area is 150 Å². The lowest BCUT2D eigenvalue weighted by Gasteiger charge is -2.36. The minimum Gasteiger partial charge on any atom is -0.370 e. The molecule has 1 saturated carbocycles. The Bertz CT molecular complexity index is 601. The van der Waals surface area contributed by atoms with Gasteiger partial charge >= 0.3 is 0 Å². The molecule has 1 aromatic rings. The fourth-order valence-corrected chi connectivity index (χ4v) is 4.96. The van der Waals surface area contributed by atoms with Gasteiger partial charge in [-0.1, -0.05) is 37.3 Å². The van der Waals surface area contributed by atoms with E-state index in [1.165, 1.54) is 12.0 Å². The Morgan fingerprint density at radius 1 is 1.16 bits per heavy atom. The molecule has 0 radical (unpaired) electrons. The number of carbonyl (C=O) groups is 2. The van der Waals surface area contributed by atoms with Crippen LogP contribution < -0.4 is 5.73 Å². The molecule has 1 heterocycles. The largest absolute Gasteiger partial charge is 0.370 e. The topological polar surface area (TPSA) is 63.4 Å². The molecular formula is C21H30N2O2. The van der Waals surface area contributed by atoms with Crippen LogP contribution >= 0.6 is 0 Å². The van der Waals surface area contributed by atoms with Gasteiger partial charge in [0.05, 0.1) is 0 Å². The quantitative estimate of drug-likeness (QED) is 0.860. The van der Waals surface area contributed by atoms with Crippen LogP contribution in [0.1, 0.15) is 57.4 Å². The summed E-state index contributed by atoms with van der Waals surface area (Å²) < 4.78 is 0. The number of rotatable bonds is 6. The summed E-state index contributed by atoms with van der Waals surface area (Å²) in [6.07, 6.45) is 6.62. The Morgan fingerprint density at radius 3 is 2.60 bits per heavy atom. The van der Waals surface area contributed by atoms with Crippen molar-refractivity contribution in [3.63, 3.8) is 0 Å². The van der Waals surface area contributed by atoms with Crippen molar-refractivity contribution in [3.8, 4) is 0 Å². The predicted molar refractivity (Wildman–Crippen MR) is 98.4 cm³/mol. The zero-order valence-electron chi connectivity index (χ0n) is 15.2. The summed E-state index contributed by atoms with van der Waals surface area (Å²) in [5.74, 6) is 1.77. The van der Waals surface area contributed by atoms with Crippen LogP contribution in [0.4, 0.5) is 0 Å². The maximum Gasteiger partial charge on any atom is 0.223 e. The number of likely N-dealkylation sites (tertiary alicyclic amines) is 1. The van der Waals surface area contributed by atoms with Gasteiger partial charge in [-0.2, -0.15) is 0 Å². The molecule has 0 aromatic heterocycles. The molecule has 25 heavy (non-hydrogen) atoms. The van der Waals surface area contributed by atoms with E-state index in [0.717, 1.165) is 32.2 Å². The van der Waals surface area contributed by atoms with E-state index in [9.17, 15) is 9.59 Å². The highest BCUT2D eigenvalue weighted by Crippen LogP contribution is 2.39. The lowest BCUT2D eigenvalue weighted by Crippen LogP contribution is -2.35. The maximum atomic E-state index is 12.4. The third-order valence-electron chi connectivity index (χ3n) is 5.88. The molecule has 1 aromatic carbocycles. The molecule has 0 spiro atoms. The van der Waals surface area contributed by atoms with E-state index in [1.807, 2.05) is 18.2 Å². The third-order valence-corrected chi connectivity index (χ3v) is 5.88. The molecule has 4 heteroatoms. The first kappa shape index (κ1) is 18.0. The highest BCUT2D eigenvalue weighted by atomic mass is 16.2. The second-order valence-corrected chi connectivity index (χ2v) is 8.15. The molecule has 0 unspecified atom stereocenters. The van der Waals surface area contributed by atoms with Crippen molar-refractivity contribution in [1.82, 2.24) is 4.90 Å². The first-order valence-electron chi connectivity index (χ1n) is 9.63. The Morgan fingerprint density at radius 2 is 1.88 bits per heavy atom. The van der Waals surface area contributed by atoms with Gasteiger partial charge in [-0.15, -0.1) is 0 Å². The molecular weight excluding hydrogens is 312 g/mol. The van der Waals surface area contributed by atoms with Crippen LogP contribution in [0.25, 0.3) is 0 Å². The molecule has 1 aliphatic carbocycles. The molecule has 2 aliphatic rings. The van der Waals surface area contributed by atoms with Crippen molar-refractivity contribution in [3.05, 3.63) is 35.9 Å². The molecule has 1 saturated heterocycles.